The molecule has 0 atom stereocenters. The van der Waals surface area contributed by atoms with Crippen LogP contribution in [0.2, 0.25) is 10.0 Å². The summed E-state index contributed by atoms with van der Waals surface area (Å²) in [7, 11) is 0. The lowest BCUT2D eigenvalue weighted by Gasteiger charge is -2.10. The van der Waals surface area contributed by atoms with Gasteiger partial charge in [0, 0.05) is 32.9 Å². The molecule has 9 heteroatoms. The molecule has 0 spiro atoms. The number of benzene rings is 3. The highest BCUT2D eigenvalue weighted by molar-refractivity contribution is 6.31. The second-order valence-corrected chi connectivity index (χ2v) is 9.77. The van der Waals surface area contributed by atoms with E-state index in [1.807, 2.05) is 72.8 Å². The number of anilines is 4. The Bertz CT molecular complexity index is 1440. The van der Waals surface area contributed by atoms with E-state index in [2.05, 4.69) is 36.3 Å². The Hall–Kier alpha value is -3.94. The van der Waals surface area contributed by atoms with E-state index in [-0.39, 0.29) is 0 Å². The SMILES string of the molecule is Clc1ccc2c(c1)CCC2=NNc1cc(Nc2ccccc2)nc(NN=C2CCc3cc(Cl)ccc32)n1. The minimum atomic E-state index is 0.358. The molecule has 0 radical (unpaired) electrons. The minimum absolute atomic E-state index is 0.358. The molecule has 7 nitrogen and oxygen atoms in total. The van der Waals surface area contributed by atoms with Crippen molar-refractivity contribution in [1.82, 2.24) is 9.97 Å². The molecule has 0 amide bonds. The molecule has 4 aromatic rings. The summed E-state index contributed by atoms with van der Waals surface area (Å²) in [6.45, 7) is 0. The van der Waals surface area contributed by atoms with Gasteiger partial charge in [0.15, 0.2) is 5.82 Å². The lowest BCUT2D eigenvalue weighted by atomic mass is 10.1. The van der Waals surface area contributed by atoms with E-state index in [0.29, 0.717) is 17.6 Å². The van der Waals surface area contributed by atoms with Gasteiger partial charge < -0.3 is 5.32 Å². The van der Waals surface area contributed by atoms with Crippen LogP contribution in [-0.2, 0) is 12.8 Å². The van der Waals surface area contributed by atoms with Crippen LogP contribution in [0.15, 0.2) is 83.0 Å². The summed E-state index contributed by atoms with van der Waals surface area (Å²) in [5.41, 5.74) is 13.6. The number of nitrogens with zero attached hydrogens (tertiary/aromatic N) is 4. The van der Waals surface area contributed by atoms with Gasteiger partial charge in [-0.3, -0.25) is 5.43 Å². The van der Waals surface area contributed by atoms with Crippen LogP contribution in [-0.4, -0.2) is 21.4 Å². The molecule has 0 aliphatic heterocycles. The summed E-state index contributed by atoms with van der Waals surface area (Å²) >= 11 is 12.3. The smallest absolute Gasteiger partial charge is 0.247 e. The molecule has 1 heterocycles. The Balaban J connectivity index is 1.28. The number of rotatable bonds is 6. The highest BCUT2D eigenvalue weighted by atomic mass is 35.5. The van der Waals surface area contributed by atoms with Gasteiger partial charge in [-0.15, -0.1) is 0 Å². The predicted molar refractivity (Wildman–Crippen MR) is 152 cm³/mol. The standard InChI is InChI=1S/C28H23Cl2N7/c29-19-8-10-22-17(14-19)6-12-24(22)34-36-27-16-26(31-21-4-2-1-3-5-21)32-28(33-27)37-35-25-13-7-18-15-20(30)9-11-23(18)25/h1-5,8-11,14-16H,6-7,12-13H2,(H3,31,32,33,36,37). The summed E-state index contributed by atoms with van der Waals surface area (Å²) in [5.74, 6) is 1.52. The van der Waals surface area contributed by atoms with Gasteiger partial charge in [0.2, 0.25) is 5.95 Å². The zero-order chi connectivity index (χ0) is 25.2. The monoisotopic (exact) mass is 527 g/mol. The highest BCUT2D eigenvalue weighted by Gasteiger charge is 2.19. The normalized spacial score (nSPS) is 16.1. The fourth-order valence-corrected chi connectivity index (χ4v) is 5.03. The predicted octanol–water partition coefficient (Wildman–Crippen LogP) is 7.05. The van der Waals surface area contributed by atoms with Crippen LogP contribution in [0.1, 0.15) is 35.1 Å². The second-order valence-electron chi connectivity index (χ2n) is 8.90. The van der Waals surface area contributed by atoms with Crippen molar-refractivity contribution in [2.24, 2.45) is 10.2 Å². The topological polar surface area (TPSA) is 86.6 Å². The quantitative estimate of drug-likeness (QED) is 0.234. The Morgan fingerprint density at radius 2 is 1.22 bits per heavy atom. The summed E-state index contributed by atoms with van der Waals surface area (Å²) in [6.07, 6.45) is 3.49. The summed E-state index contributed by atoms with van der Waals surface area (Å²) in [4.78, 5) is 9.23. The van der Waals surface area contributed by atoms with Gasteiger partial charge >= 0.3 is 0 Å². The molecule has 3 N–H and O–H groups in total. The lowest BCUT2D eigenvalue weighted by molar-refractivity contribution is 1.07. The van der Waals surface area contributed by atoms with Gasteiger partial charge in [0.05, 0.1) is 11.4 Å². The molecule has 0 saturated carbocycles. The number of para-hydroxylation sites is 1. The van der Waals surface area contributed by atoms with Crippen LogP contribution in [0.25, 0.3) is 0 Å². The third-order valence-electron chi connectivity index (χ3n) is 6.39. The fourth-order valence-electron chi connectivity index (χ4n) is 4.64. The molecular formula is C28H23Cl2N7. The van der Waals surface area contributed by atoms with E-state index in [4.69, 9.17) is 23.2 Å². The molecule has 2 aliphatic rings. The largest absolute Gasteiger partial charge is 0.340 e. The molecule has 184 valence electrons. The van der Waals surface area contributed by atoms with Crippen molar-refractivity contribution in [2.45, 2.75) is 25.7 Å². The Labute approximate surface area is 224 Å². The van der Waals surface area contributed by atoms with Crippen molar-refractivity contribution in [3.8, 4) is 0 Å². The van der Waals surface area contributed by atoms with Gasteiger partial charge in [-0.1, -0.05) is 53.5 Å². The van der Waals surface area contributed by atoms with Crippen LogP contribution in [0, 0.1) is 0 Å². The van der Waals surface area contributed by atoms with Gasteiger partial charge in [-0.05, 0) is 73.2 Å². The van der Waals surface area contributed by atoms with Crippen molar-refractivity contribution < 1.29 is 0 Å². The maximum absolute atomic E-state index is 6.15. The average Bonchev–Trinajstić information content (AvgIpc) is 3.49. The molecule has 1 aromatic heterocycles. The van der Waals surface area contributed by atoms with Gasteiger partial charge in [0.25, 0.3) is 0 Å². The zero-order valence-electron chi connectivity index (χ0n) is 19.8. The first-order valence-electron chi connectivity index (χ1n) is 12.0. The van der Waals surface area contributed by atoms with Crippen molar-refractivity contribution in [3.05, 3.63) is 105 Å². The molecule has 3 aromatic carbocycles. The van der Waals surface area contributed by atoms with Crippen LogP contribution < -0.4 is 16.2 Å². The summed E-state index contributed by atoms with van der Waals surface area (Å²) in [6, 6.07) is 23.5. The number of hydrazone groups is 2. The lowest BCUT2D eigenvalue weighted by Crippen LogP contribution is -2.07. The van der Waals surface area contributed by atoms with E-state index in [1.165, 1.54) is 11.1 Å². The number of aryl methyl sites for hydroxylation is 2. The molecule has 0 unspecified atom stereocenters. The van der Waals surface area contributed by atoms with Crippen molar-refractivity contribution in [3.63, 3.8) is 0 Å². The van der Waals surface area contributed by atoms with E-state index >= 15 is 0 Å². The van der Waals surface area contributed by atoms with Gasteiger partial charge in [0.1, 0.15) is 5.82 Å². The van der Waals surface area contributed by atoms with E-state index in [9.17, 15) is 0 Å². The number of aromatic nitrogens is 2. The van der Waals surface area contributed by atoms with Crippen molar-refractivity contribution >= 4 is 57.9 Å². The molecule has 0 fully saturated rings. The molecule has 0 saturated heterocycles. The molecular weight excluding hydrogens is 505 g/mol. The fraction of sp³-hybridized carbons (Fsp3) is 0.143. The van der Waals surface area contributed by atoms with Crippen molar-refractivity contribution in [2.75, 3.05) is 16.2 Å². The number of halogens is 2. The number of hydrogen-bond acceptors (Lipinski definition) is 7. The maximum atomic E-state index is 6.15. The number of fused-ring (bicyclic) bond motifs is 2. The van der Waals surface area contributed by atoms with Crippen LogP contribution in [0.5, 0.6) is 0 Å². The average molecular weight is 528 g/mol. The minimum Gasteiger partial charge on any atom is -0.340 e. The van der Waals surface area contributed by atoms with Gasteiger partial charge in [-0.2, -0.15) is 20.2 Å². The highest BCUT2D eigenvalue weighted by Crippen LogP contribution is 2.28. The summed E-state index contributed by atoms with van der Waals surface area (Å²) in [5, 5.41) is 14.1. The first-order chi connectivity index (χ1) is 18.1. The van der Waals surface area contributed by atoms with Crippen LogP contribution in [0.3, 0.4) is 0 Å². The molecule has 37 heavy (non-hydrogen) atoms. The van der Waals surface area contributed by atoms with Crippen LogP contribution >= 0.6 is 23.2 Å². The maximum Gasteiger partial charge on any atom is 0.247 e. The third kappa shape index (κ3) is 5.28. The van der Waals surface area contributed by atoms with E-state index in [0.717, 1.165) is 64.0 Å². The number of nitrogens with one attached hydrogen (secondary N) is 3. The Kier molecular flexibility index (Phi) is 6.47. The Morgan fingerprint density at radius 3 is 1.86 bits per heavy atom. The first kappa shape index (κ1) is 23.5. The van der Waals surface area contributed by atoms with E-state index in [1.54, 1.807) is 0 Å². The molecule has 0 bridgehead atoms. The zero-order valence-corrected chi connectivity index (χ0v) is 21.3. The van der Waals surface area contributed by atoms with Gasteiger partial charge in [-0.25, -0.2) is 5.43 Å². The number of hydrogen-bond donors (Lipinski definition) is 3. The summed E-state index contributed by atoms with van der Waals surface area (Å²) < 4.78 is 0. The third-order valence-corrected chi connectivity index (χ3v) is 6.86. The van der Waals surface area contributed by atoms with Crippen LogP contribution in [0.4, 0.5) is 23.3 Å². The van der Waals surface area contributed by atoms with Crippen molar-refractivity contribution in [1.29, 1.82) is 0 Å². The van der Waals surface area contributed by atoms with E-state index < -0.39 is 0 Å². The Morgan fingerprint density at radius 1 is 0.622 bits per heavy atom. The molecule has 2 aliphatic carbocycles. The first-order valence-corrected chi connectivity index (χ1v) is 12.8. The molecule has 6 rings (SSSR count). The second kappa shape index (κ2) is 10.2.